The van der Waals surface area contributed by atoms with E-state index in [1.807, 2.05) is 27.7 Å². The molecule has 0 heterocycles. The third-order valence-corrected chi connectivity index (χ3v) is 3.82. The first-order valence-electron chi connectivity index (χ1n) is 6.97. The topological polar surface area (TPSA) is 29.5 Å². The number of benzene rings is 1. The van der Waals surface area contributed by atoms with Gasteiger partial charge in [0.1, 0.15) is 0 Å². The van der Waals surface area contributed by atoms with Crippen LogP contribution in [-0.2, 0) is 11.2 Å². The smallest absolute Gasteiger partial charge is 0.165 e. The van der Waals surface area contributed by atoms with Crippen LogP contribution >= 0.6 is 0 Å². The number of nitrogens with zero attached hydrogens (tertiary/aromatic N) is 1. The molecule has 0 fully saturated rings. The molecule has 1 aromatic carbocycles. The molecule has 1 aromatic rings. The van der Waals surface area contributed by atoms with Gasteiger partial charge in [-0.2, -0.15) is 0 Å². The van der Waals surface area contributed by atoms with Crippen LogP contribution in [0.1, 0.15) is 33.3 Å². The van der Waals surface area contributed by atoms with E-state index in [4.69, 9.17) is 4.74 Å². The summed E-state index contributed by atoms with van der Waals surface area (Å²) < 4.78 is 18.5. The van der Waals surface area contributed by atoms with Gasteiger partial charge in [0.05, 0.1) is 12.6 Å². The van der Waals surface area contributed by atoms with E-state index in [9.17, 15) is 9.18 Å². The predicted molar refractivity (Wildman–Crippen MR) is 78.7 cm³/mol. The fraction of sp³-hybridized carbons (Fsp3) is 0.562. The lowest BCUT2D eigenvalue weighted by molar-refractivity contribution is -0.128. The molecule has 0 atom stereocenters. The molecule has 0 aliphatic rings. The van der Waals surface area contributed by atoms with Gasteiger partial charge in [-0.1, -0.05) is 19.9 Å². The zero-order chi connectivity index (χ0) is 15.3. The van der Waals surface area contributed by atoms with E-state index in [1.165, 1.54) is 13.2 Å². The second-order valence-corrected chi connectivity index (χ2v) is 5.30. The number of hydrogen-bond donors (Lipinski definition) is 0. The molecule has 0 saturated carbocycles. The van der Waals surface area contributed by atoms with Crippen LogP contribution < -0.4 is 4.74 Å². The van der Waals surface area contributed by atoms with E-state index in [1.54, 1.807) is 12.1 Å². The Hall–Kier alpha value is -1.42. The molecule has 0 bridgehead atoms. The molecular formula is C16H24FNO2. The van der Waals surface area contributed by atoms with Crippen LogP contribution in [0.15, 0.2) is 18.2 Å². The zero-order valence-electron chi connectivity index (χ0n) is 13.0. The number of likely N-dealkylation sites (N-methyl/N-ethyl adjacent to an activating group) is 1. The number of carbonyl (C=O) groups excluding carboxylic acids is 1. The summed E-state index contributed by atoms with van der Waals surface area (Å²) >= 11 is 0. The van der Waals surface area contributed by atoms with Crippen molar-refractivity contribution < 1.29 is 13.9 Å². The highest BCUT2D eigenvalue weighted by atomic mass is 19.1. The van der Waals surface area contributed by atoms with Crippen molar-refractivity contribution >= 4 is 5.78 Å². The van der Waals surface area contributed by atoms with Crippen LogP contribution in [0.3, 0.4) is 0 Å². The van der Waals surface area contributed by atoms with Crippen molar-refractivity contribution in [1.82, 2.24) is 4.90 Å². The Morgan fingerprint density at radius 3 is 2.35 bits per heavy atom. The first kappa shape index (κ1) is 16.6. The SMILES string of the molecule is CCN(CC)C(C)(C)C(=O)Cc1ccc(OC)c(F)c1. The van der Waals surface area contributed by atoms with Crippen molar-refractivity contribution in [2.45, 2.75) is 39.7 Å². The molecule has 0 amide bonds. The first-order valence-corrected chi connectivity index (χ1v) is 6.97. The normalized spacial score (nSPS) is 11.8. The Balaban J connectivity index is 2.87. The molecule has 1 rings (SSSR count). The summed E-state index contributed by atoms with van der Waals surface area (Å²) in [6.45, 7) is 9.53. The number of Topliss-reactive ketones (excluding diaryl/α,β-unsaturated/α-hetero) is 1. The molecule has 112 valence electrons. The summed E-state index contributed by atoms with van der Waals surface area (Å²) in [4.78, 5) is 14.6. The minimum absolute atomic E-state index is 0.0887. The Morgan fingerprint density at radius 1 is 1.30 bits per heavy atom. The average molecular weight is 281 g/mol. The number of ether oxygens (including phenoxy) is 1. The molecule has 20 heavy (non-hydrogen) atoms. The molecule has 0 aliphatic heterocycles. The molecule has 4 heteroatoms. The number of halogens is 1. The maximum Gasteiger partial charge on any atom is 0.165 e. The number of methoxy groups -OCH3 is 1. The quantitative estimate of drug-likeness (QED) is 0.769. The molecule has 3 nitrogen and oxygen atoms in total. The fourth-order valence-corrected chi connectivity index (χ4v) is 2.41. The second-order valence-electron chi connectivity index (χ2n) is 5.30. The first-order chi connectivity index (χ1) is 9.36. The summed E-state index contributed by atoms with van der Waals surface area (Å²) in [5.41, 5.74) is 0.133. The molecule has 0 aromatic heterocycles. The van der Waals surface area contributed by atoms with E-state index in [0.29, 0.717) is 5.56 Å². The molecular weight excluding hydrogens is 257 g/mol. The van der Waals surface area contributed by atoms with Gasteiger partial charge in [-0.05, 0) is 44.6 Å². The largest absolute Gasteiger partial charge is 0.494 e. The summed E-state index contributed by atoms with van der Waals surface area (Å²) in [5.74, 6) is -0.145. The maximum absolute atomic E-state index is 13.6. The van der Waals surface area contributed by atoms with Crippen molar-refractivity contribution in [2.75, 3.05) is 20.2 Å². The van der Waals surface area contributed by atoms with Gasteiger partial charge in [-0.25, -0.2) is 4.39 Å². The third kappa shape index (κ3) is 3.57. The maximum atomic E-state index is 13.6. The van der Waals surface area contributed by atoms with Gasteiger partial charge < -0.3 is 4.74 Å². The lowest BCUT2D eigenvalue weighted by atomic mass is 9.91. The number of rotatable bonds is 7. The van der Waals surface area contributed by atoms with E-state index in [0.717, 1.165) is 13.1 Å². The van der Waals surface area contributed by atoms with Gasteiger partial charge in [0.25, 0.3) is 0 Å². The van der Waals surface area contributed by atoms with Gasteiger partial charge in [0, 0.05) is 6.42 Å². The monoisotopic (exact) mass is 281 g/mol. The van der Waals surface area contributed by atoms with Gasteiger partial charge in [-0.3, -0.25) is 9.69 Å². The highest BCUT2D eigenvalue weighted by Crippen LogP contribution is 2.21. The minimum atomic E-state index is -0.542. The molecule has 0 unspecified atom stereocenters. The summed E-state index contributed by atoms with van der Waals surface area (Å²) in [6, 6.07) is 4.66. The van der Waals surface area contributed by atoms with Crippen LogP contribution in [0.25, 0.3) is 0 Å². The van der Waals surface area contributed by atoms with Crippen molar-refractivity contribution in [1.29, 1.82) is 0 Å². The predicted octanol–water partition coefficient (Wildman–Crippen LogP) is 3.07. The third-order valence-electron chi connectivity index (χ3n) is 3.82. The Kier molecular flexibility index (Phi) is 5.69. The Labute approximate surface area is 120 Å². The van der Waals surface area contributed by atoms with Gasteiger partial charge >= 0.3 is 0 Å². The molecule has 0 radical (unpaired) electrons. The average Bonchev–Trinajstić information content (AvgIpc) is 2.40. The van der Waals surface area contributed by atoms with E-state index < -0.39 is 11.4 Å². The van der Waals surface area contributed by atoms with Gasteiger partial charge in [0.15, 0.2) is 17.3 Å². The Bertz CT molecular complexity index is 468. The number of ketones is 1. The molecule has 0 saturated heterocycles. The standard InChI is InChI=1S/C16H24FNO2/c1-6-18(7-2)16(3,4)15(19)11-12-8-9-14(20-5)13(17)10-12/h8-10H,6-7,11H2,1-5H3. The van der Waals surface area contributed by atoms with E-state index in [-0.39, 0.29) is 18.0 Å². The summed E-state index contributed by atoms with van der Waals surface area (Å²) in [5, 5.41) is 0. The van der Waals surface area contributed by atoms with Crippen molar-refractivity contribution in [3.05, 3.63) is 29.6 Å². The Morgan fingerprint density at radius 2 is 1.90 bits per heavy atom. The lowest BCUT2D eigenvalue weighted by Crippen LogP contribution is -2.50. The minimum Gasteiger partial charge on any atom is -0.494 e. The van der Waals surface area contributed by atoms with Gasteiger partial charge in [-0.15, -0.1) is 0 Å². The van der Waals surface area contributed by atoms with Crippen LogP contribution in [-0.4, -0.2) is 36.4 Å². The summed E-state index contributed by atoms with van der Waals surface area (Å²) in [6.07, 6.45) is 0.227. The van der Waals surface area contributed by atoms with Crippen LogP contribution in [0, 0.1) is 5.82 Å². The van der Waals surface area contributed by atoms with E-state index >= 15 is 0 Å². The van der Waals surface area contributed by atoms with Crippen molar-refractivity contribution in [2.24, 2.45) is 0 Å². The molecule has 0 aliphatic carbocycles. The summed E-state index contributed by atoms with van der Waals surface area (Å²) in [7, 11) is 1.42. The highest BCUT2D eigenvalue weighted by Gasteiger charge is 2.32. The number of carbonyl (C=O) groups is 1. The zero-order valence-corrected chi connectivity index (χ0v) is 13.0. The van der Waals surface area contributed by atoms with Crippen molar-refractivity contribution in [3.8, 4) is 5.75 Å². The van der Waals surface area contributed by atoms with Crippen molar-refractivity contribution in [3.63, 3.8) is 0 Å². The van der Waals surface area contributed by atoms with E-state index in [2.05, 4.69) is 4.90 Å². The lowest BCUT2D eigenvalue weighted by Gasteiger charge is -2.35. The van der Waals surface area contributed by atoms with Crippen LogP contribution in [0.2, 0.25) is 0 Å². The number of hydrogen-bond acceptors (Lipinski definition) is 3. The highest BCUT2D eigenvalue weighted by molar-refractivity contribution is 5.89. The second kappa shape index (κ2) is 6.84. The molecule has 0 spiro atoms. The van der Waals surface area contributed by atoms with Crippen LogP contribution in [0.4, 0.5) is 4.39 Å². The fourth-order valence-electron chi connectivity index (χ4n) is 2.41. The van der Waals surface area contributed by atoms with Gasteiger partial charge in [0.2, 0.25) is 0 Å². The van der Waals surface area contributed by atoms with Crippen LogP contribution in [0.5, 0.6) is 5.75 Å². The molecule has 0 N–H and O–H groups in total.